The number of hydrogen-bond acceptors (Lipinski definition) is 5. The highest BCUT2D eigenvalue weighted by molar-refractivity contribution is 7.91. The van der Waals surface area contributed by atoms with Crippen LogP contribution in [0.3, 0.4) is 0 Å². The molecule has 144 valence electrons. The van der Waals surface area contributed by atoms with E-state index < -0.39 is 15.9 Å². The number of carbonyl (C=O) groups excluding carboxylic acids is 1. The Morgan fingerprint density at radius 1 is 1.15 bits per heavy atom. The smallest absolute Gasteiger partial charge is 0.241 e. The first-order chi connectivity index (χ1) is 12.4. The van der Waals surface area contributed by atoms with Gasteiger partial charge in [-0.05, 0) is 51.4 Å². The van der Waals surface area contributed by atoms with E-state index in [1.54, 1.807) is 6.92 Å². The molecule has 0 aliphatic carbocycles. The van der Waals surface area contributed by atoms with Crippen LogP contribution in [0.1, 0.15) is 31.7 Å². The number of aryl methyl sites for hydroxylation is 1. The van der Waals surface area contributed by atoms with Gasteiger partial charge >= 0.3 is 0 Å². The molecule has 0 radical (unpaired) electrons. The molecule has 1 aromatic rings. The Bertz CT molecular complexity index is 744. The van der Waals surface area contributed by atoms with E-state index in [0.717, 1.165) is 37.2 Å². The number of nitrogens with one attached hydrogen (secondary N) is 2. The largest absolute Gasteiger partial charge is 0.324 e. The lowest BCUT2D eigenvalue weighted by Gasteiger charge is -2.35. The summed E-state index contributed by atoms with van der Waals surface area (Å²) in [5.74, 6) is 0.161. The van der Waals surface area contributed by atoms with Gasteiger partial charge in [-0.25, -0.2) is 8.42 Å². The van der Waals surface area contributed by atoms with Crippen molar-refractivity contribution in [1.82, 2.24) is 10.2 Å². The molecule has 2 N–H and O–H groups in total. The molecule has 2 saturated heterocycles. The molecule has 1 amide bonds. The molecule has 3 atom stereocenters. The SMILES string of the molecule is Cc1ccccc1NC(=O)C(C)NC1CS(=O)(=O)CC1N1CCCCC1. The summed E-state index contributed by atoms with van der Waals surface area (Å²) in [5.41, 5.74) is 1.79. The maximum Gasteiger partial charge on any atom is 0.241 e. The number of para-hydroxylation sites is 1. The molecule has 0 saturated carbocycles. The van der Waals surface area contributed by atoms with Crippen molar-refractivity contribution in [3.63, 3.8) is 0 Å². The van der Waals surface area contributed by atoms with Crippen LogP contribution in [0.25, 0.3) is 0 Å². The lowest BCUT2D eigenvalue weighted by atomic mass is 10.0. The minimum absolute atomic E-state index is 0.0333. The van der Waals surface area contributed by atoms with Gasteiger partial charge in [0, 0.05) is 17.8 Å². The molecule has 0 spiro atoms. The van der Waals surface area contributed by atoms with Gasteiger partial charge in [0.1, 0.15) is 0 Å². The second-order valence-electron chi connectivity index (χ2n) is 7.54. The maximum absolute atomic E-state index is 12.6. The number of amides is 1. The maximum atomic E-state index is 12.6. The Morgan fingerprint density at radius 2 is 1.85 bits per heavy atom. The van der Waals surface area contributed by atoms with Crippen LogP contribution in [-0.4, -0.2) is 61.9 Å². The van der Waals surface area contributed by atoms with Crippen molar-refractivity contribution in [2.45, 2.75) is 51.2 Å². The molecule has 0 aromatic heterocycles. The number of anilines is 1. The predicted octanol–water partition coefficient (Wildman–Crippen LogP) is 1.56. The number of likely N-dealkylation sites (tertiary alicyclic amines) is 1. The van der Waals surface area contributed by atoms with Crippen molar-refractivity contribution in [2.24, 2.45) is 0 Å². The monoisotopic (exact) mass is 379 g/mol. The van der Waals surface area contributed by atoms with E-state index in [-0.39, 0.29) is 29.5 Å². The molecule has 1 aromatic carbocycles. The van der Waals surface area contributed by atoms with Crippen LogP contribution < -0.4 is 10.6 Å². The fourth-order valence-corrected chi connectivity index (χ4v) is 5.91. The van der Waals surface area contributed by atoms with Crippen LogP contribution in [0.15, 0.2) is 24.3 Å². The summed E-state index contributed by atoms with van der Waals surface area (Å²) < 4.78 is 24.4. The highest BCUT2D eigenvalue weighted by Crippen LogP contribution is 2.23. The van der Waals surface area contributed by atoms with Gasteiger partial charge in [-0.1, -0.05) is 24.6 Å². The average molecular weight is 380 g/mol. The fourth-order valence-electron chi connectivity index (χ4n) is 3.95. The summed E-state index contributed by atoms with van der Waals surface area (Å²) in [5, 5.41) is 6.22. The van der Waals surface area contributed by atoms with Crippen LogP contribution in [-0.2, 0) is 14.6 Å². The molecular weight excluding hydrogens is 350 g/mol. The van der Waals surface area contributed by atoms with E-state index in [4.69, 9.17) is 0 Å². The Hall–Kier alpha value is -1.44. The Kier molecular flexibility index (Phi) is 5.99. The van der Waals surface area contributed by atoms with Gasteiger partial charge in [0.05, 0.1) is 17.5 Å². The van der Waals surface area contributed by atoms with Crippen LogP contribution in [0.5, 0.6) is 0 Å². The highest BCUT2D eigenvalue weighted by atomic mass is 32.2. The molecule has 2 aliphatic heterocycles. The zero-order valence-corrected chi connectivity index (χ0v) is 16.4. The zero-order chi connectivity index (χ0) is 18.7. The van der Waals surface area contributed by atoms with Gasteiger partial charge in [-0.2, -0.15) is 0 Å². The van der Waals surface area contributed by atoms with E-state index in [1.165, 1.54) is 6.42 Å². The number of hydrogen-bond donors (Lipinski definition) is 2. The van der Waals surface area contributed by atoms with Gasteiger partial charge in [0.25, 0.3) is 0 Å². The van der Waals surface area contributed by atoms with E-state index >= 15 is 0 Å². The topological polar surface area (TPSA) is 78.5 Å². The van der Waals surface area contributed by atoms with Crippen LogP contribution in [0, 0.1) is 6.92 Å². The predicted molar refractivity (Wildman–Crippen MR) is 104 cm³/mol. The summed E-state index contributed by atoms with van der Waals surface area (Å²) in [6, 6.07) is 6.95. The first-order valence-corrected chi connectivity index (χ1v) is 11.2. The Labute approximate surface area is 156 Å². The minimum Gasteiger partial charge on any atom is -0.324 e. The first-order valence-electron chi connectivity index (χ1n) is 9.43. The lowest BCUT2D eigenvalue weighted by molar-refractivity contribution is -0.118. The van der Waals surface area contributed by atoms with Crippen molar-refractivity contribution in [1.29, 1.82) is 0 Å². The van der Waals surface area contributed by atoms with Gasteiger partial charge in [-0.15, -0.1) is 0 Å². The number of nitrogens with zero attached hydrogens (tertiary/aromatic N) is 1. The lowest BCUT2D eigenvalue weighted by Crippen LogP contribution is -2.55. The van der Waals surface area contributed by atoms with E-state index in [0.29, 0.717) is 0 Å². The summed E-state index contributed by atoms with van der Waals surface area (Å²) in [6.07, 6.45) is 3.45. The molecular formula is C19H29N3O3S. The molecule has 26 heavy (non-hydrogen) atoms. The third kappa shape index (κ3) is 4.64. The van der Waals surface area contributed by atoms with Crippen molar-refractivity contribution >= 4 is 21.4 Å². The summed E-state index contributed by atoms with van der Waals surface area (Å²) in [7, 11) is -3.07. The van der Waals surface area contributed by atoms with Crippen molar-refractivity contribution < 1.29 is 13.2 Å². The Balaban J connectivity index is 1.65. The second kappa shape index (κ2) is 8.06. The van der Waals surface area contributed by atoms with Gasteiger partial charge in [0.2, 0.25) is 5.91 Å². The normalized spacial score (nSPS) is 27.2. The van der Waals surface area contributed by atoms with Crippen molar-refractivity contribution in [3.8, 4) is 0 Å². The summed E-state index contributed by atoms with van der Waals surface area (Å²) in [6.45, 7) is 5.64. The van der Waals surface area contributed by atoms with Crippen LogP contribution in [0.2, 0.25) is 0 Å². The quantitative estimate of drug-likeness (QED) is 0.812. The fraction of sp³-hybridized carbons (Fsp3) is 0.632. The van der Waals surface area contributed by atoms with E-state index in [9.17, 15) is 13.2 Å². The van der Waals surface area contributed by atoms with Gasteiger partial charge in [0.15, 0.2) is 9.84 Å². The van der Waals surface area contributed by atoms with Gasteiger partial charge < -0.3 is 10.6 Å². The number of benzene rings is 1. The summed E-state index contributed by atoms with van der Waals surface area (Å²) >= 11 is 0. The van der Waals surface area contributed by atoms with Crippen molar-refractivity contribution in [3.05, 3.63) is 29.8 Å². The number of rotatable bonds is 5. The van der Waals surface area contributed by atoms with Gasteiger partial charge in [-0.3, -0.25) is 9.69 Å². The molecule has 7 heteroatoms. The summed E-state index contributed by atoms with van der Waals surface area (Å²) in [4.78, 5) is 14.8. The number of carbonyl (C=O) groups is 1. The molecule has 3 rings (SSSR count). The molecule has 3 unspecified atom stereocenters. The molecule has 2 aliphatic rings. The number of sulfone groups is 1. The molecule has 0 bridgehead atoms. The highest BCUT2D eigenvalue weighted by Gasteiger charge is 2.42. The molecule has 2 fully saturated rings. The van der Waals surface area contributed by atoms with Crippen molar-refractivity contribution in [2.75, 3.05) is 29.9 Å². The molecule has 6 nitrogen and oxygen atoms in total. The molecule has 2 heterocycles. The van der Waals surface area contributed by atoms with E-state index in [1.807, 2.05) is 31.2 Å². The average Bonchev–Trinajstić information content (AvgIpc) is 2.92. The first kappa shape index (κ1) is 19.3. The Morgan fingerprint density at radius 3 is 2.54 bits per heavy atom. The van der Waals surface area contributed by atoms with E-state index in [2.05, 4.69) is 15.5 Å². The third-order valence-corrected chi connectivity index (χ3v) is 7.16. The zero-order valence-electron chi connectivity index (χ0n) is 15.6. The van der Waals surface area contributed by atoms with Crippen LogP contribution in [0.4, 0.5) is 5.69 Å². The minimum atomic E-state index is -3.07. The van der Waals surface area contributed by atoms with Crippen LogP contribution >= 0.6 is 0 Å². The number of piperidine rings is 1. The third-order valence-electron chi connectivity index (χ3n) is 5.44. The standard InChI is InChI=1S/C19H29N3O3S/c1-14-8-4-5-9-16(14)21-19(23)15(2)20-17-12-26(24,25)13-18(17)22-10-6-3-7-11-22/h4-5,8-9,15,17-18,20H,3,6-7,10-13H2,1-2H3,(H,21,23). The second-order valence-corrected chi connectivity index (χ2v) is 9.69.